The molecule has 1 aromatic carbocycles. The van der Waals surface area contributed by atoms with Crippen molar-refractivity contribution in [2.75, 3.05) is 19.6 Å². The Bertz CT molecular complexity index is 584. The van der Waals surface area contributed by atoms with Crippen LogP contribution < -0.4 is 0 Å². The summed E-state index contributed by atoms with van der Waals surface area (Å²) in [5, 5.41) is 0. The Morgan fingerprint density at radius 1 is 1.16 bits per heavy atom. The second-order valence-corrected chi connectivity index (χ2v) is 7.19. The molecule has 0 spiro atoms. The van der Waals surface area contributed by atoms with E-state index < -0.39 is 6.09 Å². The van der Waals surface area contributed by atoms with E-state index in [0.717, 1.165) is 5.56 Å². The standard InChI is InChI=1S/C20H28N2O3/c1-16(18-10-6-3-7-11-18)22-13-12-21(14-19(22)23)20(24)25-15-17-8-4-2-5-9-17/h2,4-5,8-9,16,18H,3,6-7,10-15H2,1H3. The van der Waals surface area contributed by atoms with Crippen molar-refractivity contribution in [3.8, 4) is 0 Å². The summed E-state index contributed by atoms with van der Waals surface area (Å²) in [4.78, 5) is 28.3. The lowest BCUT2D eigenvalue weighted by Gasteiger charge is -2.41. The quantitative estimate of drug-likeness (QED) is 0.841. The van der Waals surface area contributed by atoms with E-state index in [1.807, 2.05) is 35.2 Å². The van der Waals surface area contributed by atoms with E-state index in [4.69, 9.17) is 4.74 Å². The van der Waals surface area contributed by atoms with Crippen LogP contribution in [0.4, 0.5) is 4.79 Å². The molecule has 1 aromatic rings. The van der Waals surface area contributed by atoms with Gasteiger partial charge in [-0.1, -0.05) is 49.6 Å². The Kier molecular flexibility index (Phi) is 5.95. The van der Waals surface area contributed by atoms with Gasteiger partial charge >= 0.3 is 6.09 Å². The van der Waals surface area contributed by atoms with Crippen LogP contribution >= 0.6 is 0 Å². The first-order valence-corrected chi connectivity index (χ1v) is 9.40. The smallest absolute Gasteiger partial charge is 0.410 e. The van der Waals surface area contributed by atoms with Gasteiger partial charge in [-0.15, -0.1) is 0 Å². The monoisotopic (exact) mass is 344 g/mol. The highest BCUT2D eigenvalue weighted by atomic mass is 16.6. The first-order chi connectivity index (χ1) is 12.1. The maximum atomic E-state index is 12.5. The zero-order valence-electron chi connectivity index (χ0n) is 15.0. The number of benzene rings is 1. The molecule has 1 heterocycles. The maximum Gasteiger partial charge on any atom is 0.410 e. The van der Waals surface area contributed by atoms with Gasteiger partial charge in [-0.3, -0.25) is 9.69 Å². The molecule has 2 fully saturated rings. The fraction of sp³-hybridized carbons (Fsp3) is 0.600. The second kappa shape index (κ2) is 8.37. The number of ether oxygens (including phenoxy) is 1. The molecule has 3 rings (SSSR count). The third kappa shape index (κ3) is 4.53. The van der Waals surface area contributed by atoms with E-state index >= 15 is 0 Å². The summed E-state index contributed by atoms with van der Waals surface area (Å²) in [6.45, 7) is 3.70. The van der Waals surface area contributed by atoms with Gasteiger partial charge in [-0.2, -0.15) is 0 Å². The highest BCUT2D eigenvalue weighted by Gasteiger charge is 2.34. The van der Waals surface area contributed by atoms with Crippen molar-refractivity contribution in [3.63, 3.8) is 0 Å². The number of piperazine rings is 1. The molecule has 5 nitrogen and oxygen atoms in total. The molecular formula is C20H28N2O3. The fourth-order valence-corrected chi connectivity index (χ4v) is 3.95. The number of hydrogen-bond acceptors (Lipinski definition) is 3. The van der Waals surface area contributed by atoms with Crippen LogP contribution in [0, 0.1) is 5.92 Å². The number of amides is 2. The molecule has 1 saturated heterocycles. The topological polar surface area (TPSA) is 49.9 Å². The summed E-state index contributed by atoms with van der Waals surface area (Å²) >= 11 is 0. The van der Waals surface area contributed by atoms with Crippen LogP contribution in [0.1, 0.15) is 44.6 Å². The molecule has 0 radical (unpaired) electrons. The summed E-state index contributed by atoms with van der Waals surface area (Å²) in [7, 11) is 0. The van der Waals surface area contributed by atoms with Gasteiger partial charge in [0.15, 0.2) is 0 Å². The van der Waals surface area contributed by atoms with E-state index in [-0.39, 0.29) is 25.1 Å². The highest BCUT2D eigenvalue weighted by molar-refractivity contribution is 5.83. The van der Waals surface area contributed by atoms with Crippen LogP contribution in [-0.2, 0) is 16.1 Å². The Balaban J connectivity index is 1.49. The van der Waals surface area contributed by atoms with Gasteiger partial charge in [-0.05, 0) is 31.2 Å². The van der Waals surface area contributed by atoms with E-state index in [9.17, 15) is 9.59 Å². The number of rotatable bonds is 4. The van der Waals surface area contributed by atoms with Crippen molar-refractivity contribution in [1.29, 1.82) is 0 Å². The van der Waals surface area contributed by atoms with Gasteiger partial charge in [-0.25, -0.2) is 4.79 Å². The number of carbonyl (C=O) groups is 2. The molecule has 1 atom stereocenters. The van der Waals surface area contributed by atoms with Crippen molar-refractivity contribution < 1.29 is 14.3 Å². The molecule has 0 aromatic heterocycles. The van der Waals surface area contributed by atoms with Gasteiger partial charge in [0.05, 0.1) is 0 Å². The molecule has 1 aliphatic heterocycles. The summed E-state index contributed by atoms with van der Waals surface area (Å²) in [5.74, 6) is 0.648. The van der Waals surface area contributed by atoms with Crippen molar-refractivity contribution in [2.24, 2.45) is 5.92 Å². The summed E-state index contributed by atoms with van der Waals surface area (Å²) in [5.41, 5.74) is 0.951. The van der Waals surface area contributed by atoms with Gasteiger partial charge in [0.1, 0.15) is 13.2 Å². The first kappa shape index (κ1) is 17.8. The van der Waals surface area contributed by atoms with Crippen LogP contribution in [0.25, 0.3) is 0 Å². The molecule has 5 heteroatoms. The van der Waals surface area contributed by atoms with E-state index in [2.05, 4.69) is 6.92 Å². The average molecular weight is 344 g/mol. The predicted molar refractivity (Wildman–Crippen MR) is 96.0 cm³/mol. The van der Waals surface area contributed by atoms with Crippen molar-refractivity contribution >= 4 is 12.0 Å². The summed E-state index contributed by atoms with van der Waals surface area (Å²) in [6.07, 6.45) is 5.89. The maximum absolute atomic E-state index is 12.5. The highest BCUT2D eigenvalue weighted by Crippen LogP contribution is 2.29. The number of hydrogen-bond donors (Lipinski definition) is 0. The molecule has 0 bridgehead atoms. The average Bonchev–Trinajstić information content (AvgIpc) is 2.67. The molecule has 136 valence electrons. The lowest BCUT2D eigenvalue weighted by molar-refractivity contribution is -0.139. The molecule has 25 heavy (non-hydrogen) atoms. The van der Waals surface area contributed by atoms with E-state index in [1.54, 1.807) is 0 Å². The predicted octanol–water partition coefficient (Wildman–Crippen LogP) is 3.44. The van der Waals surface area contributed by atoms with Gasteiger partial charge in [0.25, 0.3) is 0 Å². The third-order valence-electron chi connectivity index (χ3n) is 5.54. The van der Waals surface area contributed by atoms with Crippen LogP contribution in [0.15, 0.2) is 30.3 Å². The minimum atomic E-state index is -0.401. The number of nitrogens with zero attached hydrogens (tertiary/aromatic N) is 2. The summed E-state index contributed by atoms with van der Waals surface area (Å²) < 4.78 is 5.34. The molecule has 0 N–H and O–H groups in total. The zero-order chi connectivity index (χ0) is 17.6. The van der Waals surface area contributed by atoms with Crippen LogP contribution in [0.3, 0.4) is 0 Å². The molecular weight excluding hydrogens is 316 g/mol. The van der Waals surface area contributed by atoms with Crippen LogP contribution in [0.5, 0.6) is 0 Å². The van der Waals surface area contributed by atoms with Gasteiger partial charge < -0.3 is 9.64 Å². The van der Waals surface area contributed by atoms with Crippen LogP contribution in [-0.4, -0.2) is 47.5 Å². The van der Waals surface area contributed by atoms with E-state index in [1.165, 1.54) is 37.0 Å². The van der Waals surface area contributed by atoms with Crippen molar-refractivity contribution in [2.45, 2.75) is 51.7 Å². The number of carbonyl (C=O) groups excluding carboxylic acids is 2. The second-order valence-electron chi connectivity index (χ2n) is 7.19. The SMILES string of the molecule is CC(C1CCCCC1)N1CCN(C(=O)OCc2ccccc2)CC1=O. The van der Waals surface area contributed by atoms with Crippen molar-refractivity contribution in [3.05, 3.63) is 35.9 Å². The zero-order valence-corrected chi connectivity index (χ0v) is 15.0. The largest absolute Gasteiger partial charge is 0.445 e. The van der Waals surface area contributed by atoms with Crippen molar-refractivity contribution in [1.82, 2.24) is 9.80 Å². The fourth-order valence-electron chi connectivity index (χ4n) is 3.95. The Labute approximate surface area is 149 Å². The molecule has 1 saturated carbocycles. The Morgan fingerprint density at radius 2 is 1.88 bits per heavy atom. The minimum Gasteiger partial charge on any atom is -0.445 e. The van der Waals surface area contributed by atoms with E-state index in [0.29, 0.717) is 19.0 Å². The molecule has 1 aliphatic carbocycles. The Morgan fingerprint density at radius 3 is 2.56 bits per heavy atom. The molecule has 2 aliphatic rings. The lowest BCUT2D eigenvalue weighted by Crippen LogP contribution is -2.56. The first-order valence-electron chi connectivity index (χ1n) is 9.40. The van der Waals surface area contributed by atoms with Gasteiger partial charge in [0, 0.05) is 19.1 Å². The van der Waals surface area contributed by atoms with Crippen LogP contribution in [0.2, 0.25) is 0 Å². The summed E-state index contributed by atoms with van der Waals surface area (Å²) in [6, 6.07) is 9.87. The minimum absolute atomic E-state index is 0.0426. The van der Waals surface area contributed by atoms with Gasteiger partial charge in [0.2, 0.25) is 5.91 Å². The molecule has 2 amide bonds. The third-order valence-corrected chi connectivity index (χ3v) is 5.54. The lowest BCUT2D eigenvalue weighted by atomic mass is 9.83. The molecule has 1 unspecified atom stereocenters. The normalized spacial score (nSPS) is 20.4. The Hall–Kier alpha value is -2.04.